The first-order chi connectivity index (χ1) is 17.7. The van der Waals surface area contributed by atoms with Crippen molar-refractivity contribution in [3.05, 3.63) is 113 Å². The monoisotopic (exact) mass is 495 g/mol. The van der Waals surface area contributed by atoms with Crippen LogP contribution in [0.1, 0.15) is 48.7 Å². The van der Waals surface area contributed by atoms with Gasteiger partial charge >= 0.3 is 6.09 Å². The maximum Gasteiger partial charge on any atom is 0.407 e. The predicted molar refractivity (Wildman–Crippen MR) is 151 cm³/mol. The number of aryl methyl sites for hydroxylation is 1. The van der Waals surface area contributed by atoms with Gasteiger partial charge in [-0.15, -0.1) is 0 Å². The Hall–Kier alpha value is -3.70. The summed E-state index contributed by atoms with van der Waals surface area (Å²) < 4.78 is 5.45. The first kappa shape index (κ1) is 26.4. The van der Waals surface area contributed by atoms with Crippen LogP contribution in [-0.4, -0.2) is 29.3 Å². The fourth-order valence-corrected chi connectivity index (χ4v) is 4.38. The highest BCUT2D eigenvalue weighted by atomic mass is 16.6. The number of nitrogens with zero attached hydrogens (tertiary/aromatic N) is 1. The number of ether oxygens (including phenoxy) is 1. The molecule has 0 aliphatic carbocycles. The molecule has 37 heavy (non-hydrogen) atoms. The van der Waals surface area contributed by atoms with Gasteiger partial charge in [-0.05, 0) is 73.2 Å². The smallest absolute Gasteiger partial charge is 0.407 e. The van der Waals surface area contributed by atoms with Crippen LogP contribution in [-0.2, 0) is 24.1 Å². The number of aromatic nitrogens is 1. The van der Waals surface area contributed by atoms with E-state index in [1.54, 1.807) is 0 Å². The highest BCUT2D eigenvalue weighted by Gasteiger charge is 2.18. The van der Waals surface area contributed by atoms with E-state index in [0.29, 0.717) is 13.1 Å². The molecule has 0 fully saturated rings. The minimum atomic E-state index is -0.534. The number of fused-ring (bicyclic) bond motifs is 1. The van der Waals surface area contributed by atoms with Crippen molar-refractivity contribution in [1.82, 2.24) is 15.6 Å². The van der Waals surface area contributed by atoms with Gasteiger partial charge in [-0.3, -0.25) is 4.98 Å². The zero-order valence-corrected chi connectivity index (χ0v) is 22.3. The standard InChI is InChI=1S/C32H37N3O2/c1-23-16-26(21-34-30(23)19-24-10-6-5-7-11-24)18-29(22-35-31(36)37-32(2,3)4)33-20-25-14-15-27-12-8-9-13-28(27)17-25/h5-17,21,29,33H,18-20,22H2,1-4H3,(H,35,36). The second-order valence-corrected chi connectivity index (χ2v) is 10.6. The third kappa shape index (κ3) is 8.16. The molecule has 0 radical (unpaired) electrons. The van der Waals surface area contributed by atoms with Gasteiger partial charge in [-0.25, -0.2) is 4.79 Å². The van der Waals surface area contributed by atoms with Crippen molar-refractivity contribution < 1.29 is 9.53 Å². The molecule has 1 unspecified atom stereocenters. The molecule has 1 atom stereocenters. The molecule has 3 aromatic carbocycles. The Labute approximate surface area is 220 Å². The lowest BCUT2D eigenvalue weighted by molar-refractivity contribution is 0.0522. The van der Waals surface area contributed by atoms with Crippen LogP contribution in [0.4, 0.5) is 4.79 Å². The van der Waals surface area contributed by atoms with Gasteiger partial charge in [0.05, 0.1) is 0 Å². The fourth-order valence-electron chi connectivity index (χ4n) is 4.38. The summed E-state index contributed by atoms with van der Waals surface area (Å²) in [6.07, 6.45) is 3.11. The second-order valence-electron chi connectivity index (χ2n) is 10.6. The van der Waals surface area contributed by atoms with Crippen LogP contribution in [0.25, 0.3) is 10.8 Å². The lowest BCUT2D eigenvalue weighted by Crippen LogP contribution is -2.43. The van der Waals surface area contributed by atoms with Gasteiger partial charge in [0.25, 0.3) is 0 Å². The molecule has 0 spiro atoms. The number of carbonyl (C=O) groups excluding carboxylic acids is 1. The van der Waals surface area contributed by atoms with E-state index in [9.17, 15) is 4.79 Å². The molecule has 1 aromatic heterocycles. The molecule has 1 heterocycles. The van der Waals surface area contributed by atoms with E-state index in [1.165, 1.54) is 27.5 Å². The summed E-state index contributed by atoms with van der Waals surface area (Å²) in [7, 11) is 0. The molecule has 192 valence electrons. The number of amides is 1. The van der Waals surface area contributed by atoms with E-state index in [2.05, 4.69) is 90.4 Å². The largest absolute Gasteiger partial charge is 0.444 e. The maximum absolute atomic E-state index is 12.3. The van der Waals surface area contributed by atoms with Gasteiger partial charge in [0, 0.05) is 37.4 Å². The number of rotatable bonds is 9. The minimum absolute atomic E-state index is 0.0140. The van der Waals surface area contributed by atoms with Crippen molar-refractivity contribution in [2.45, 2.75) is 58.7 Å². The van der Waals surface area contributed by atoms with E-state index in [4.69, 9.17) is 9.72 Å². The fraction of sp³-hybridized carbons (Fsp3) is 0.312. The lowest BCUT2D eigenvalue weighted by Gasteiger charge is -2.23. The minimum Gasteiger partial charge on any atom is -0.444 e. The average molecular weight is 496 g/mol. The van der Waals surface area contributed by atoms with E-state index < -0.39 is 11.7 Å². The molecule has 0 aliphatic heterocycles. The van der Waals surface area contributed by atoms with Crippen LogP contribution >= 0.6 is 0 Å². The SMILES string of the molecule is Cc1cc(CC(CNC(=O)OC(C)(C)C)NCc2ccc3ccccc3c2)cnc1Cc1ccccc1. The van der Waals surface area contributed by atoms with Crippen molar-refractivity contribution in [2.75, 3.05) is 6.54 Å². The Balaban J connectivity index is 1.45. The number of benzene rings is 3. The second kappa shape index (κ2) is 12.0. The molecular weight excluding hydrogens is 458 g/mol. The molecule has 4 aromatic rings. The molecule has 2 N–H and O–H groups in total. The van der Waals surface area contributed by atoms with Crippen molar-refractivity contribution in [2.24, 2.45) is 0 Å². The quantitative estimate of drug-likeness (QED) is 0.284. The van der Waals surface area contributed by atoms with Gasteiger partial charge in [0.1, 0.15) is 5.60 Å². The van der Waals surface area contributed by atoms with Gasteiger partial charge in [0.2, 0.25) is 0 Å². The van der Waals surface area contributed by atoms with Crippen LogP contribution in [0.5, 0.6) is 0 Å². The van der Waals surface area contributed by atoms with E-state index in [-0.39, 0.29) is 6.04 Å². The van der Waals surface area contributed by atoms with Gasteiger partial charge in [-0.1, -0.05) is 72.8 Å². The van der Waals surface area contributed by atoms with E-state index in [1.807, 2.05) is 33.0 Å². The molecule has 0 saturated heterocycles. The summed E-state index contributed by atoms with van der Waals surface area (Å²) >= 11 is 0. The lowest BCUT2D eigenvalue weighted by atomic mass is 10.0. The van der Waals surface area contributed by atoms with Crippen LogP contribution < -0.4 is 10.6 Å². The number of hydrogen-bond acceptors (Lipinski definition) is 4. The number of hydrogen-bond donors (Lipinski definition) is 2. The average Bonchev–Trinajstić information content (AvgIpc) is 2.87. The number of pyridine rings is 1. The first-order valence-electron chi connectivity index (χ1n) is 12.9. The number of alkyl carbamates (subject to hydrolysis) is 1. The Morgan fingerprint density at radius 3 is 2.35 bits per heavy atom. The van der Waals surface area contributed by atoms with E-state index in [0.717, 1.165) is 24.1 Å². The molecule has 1 amide bonds. The third-order valence-electron chi connectivity index (χ3n) is 6.24. The Morgan fingerprint density at radius 1 is 0.892 bits per heavy atom. The normalized spacial score (nSPS) is 12.3. The Kier molecular flexibility index (Phi) is 8.57. The summed E-state index contributed by atoms with van der Waals surface area (Å²) in [6, 6.07) is 27.5. The van der Waals surface area contributed by atoms with Crippen molar-refractivity contribution in [3.8, 4) is 0 Å². The maximum atomic E-state index is 12.3. The molecule has 4 rings (SSSR count). The summed E-state index contributed by atoms with van der Waals surface area (Å²) in [5, 5.41) is 9.03. The third-order valence-corrected chi connectivity index (χ3v) is 6.24. The van der Waals surface area contributed by atoms with Crippen LogP contribution in [0.15, 0.2) is 85.1 Å². The Bertz CT molecular complexity index is 1330. The molecule has 5 heteroatoms. The van der Waals surface area contributed by atoms with Crippen molar-refractivity contribution in [1.29, 1.82) is 0 Å². The van der Waals surface area contributed by atoms with Gasteiger partial charge < -0.3 is 15.4 Å². The molecule has 0 aliphatic rings. The van der Waals surface area contributed by atoms with Gasteiger partial charge in [-0.2, -0.15) is 0 Å². The zero-order valence-electron chi connectivity index (χ0n) is 22.3. The predicted octanol–water partition coefficient (Wildman–Crippen LogP) is 6.36. The first-order valence-corrected chi connectivity index (χ1v) is 12.9. The summed E-state index contributed by atoms with van der Waals surface area (Å²) in [5.74, 6) is 0. The summed E-state index contributed by atoms with van der Waals surface area (Å²) in [5.41, 5.74) is 5.32. The summed E-state index contributed by atoms with van der Waals surface area (Å²) in [6.45, 7) is 8.87. The highest BCUT2D eigenvalue weighted by molar-refractivity contribution is 5.82. The van der Waals surface area contributed by atoms with E-state index >= 15 is 0 Å². The Morgan fingerprint density at radius 2 is 1.62 bits per heavy atom. The van der Waals surface area contributed by atoms with Gasteiger partial charge in [0.15, 0.2) is 0 Å². The van der Waals surface area contributed by atoms with Crippen LogP contribution in [0.2, 0.25) is 0 Å². The van der Waals surface area contributed by atoms with Crippen LogP contribution in [0.3, 0.4) is 0 Å². The molecule has 0 saturated carbocycles. The summed E-state index contributed by atoms with van der Waals surface area (Å²) in [4.78, 5) is 17.1. The van der Waals surface area contributed by atoms with Crippen molar-refractivity contribution in [3.63, 3.8) is 0 Å². The number of carbonyl (C=O) groups is 1. The zero-order chi connectivity index (χ0) is 26.3. The number of nitrogens with one attached hydrogen (secondary N) is 2. The van der Waals surface area contributed by atoms with Crippen LogP contribution in [0, 0.1) is 6.92 Å². The molecule has 0 bridgehead atoms. The molecule has 5 nitrogen and oxygen atoms in total. The molecular formula is C32H37N3O2. The topological polar surface area (TPSA) is 63.2 Å². The van der Waals surface area contributed by atoms with Crippen molar-refractivity contribution >= 4 is 16.9 Å². The highest BCUT2D eigenvalue weighted by Crippen LogP contribution is 2.17.